The number of nitrogens with one attached hydrogen (secondary N) is 1. The molecule has 0 aliphatic heterocycles. The molecular formula is C16H20N2O2S. The fourth-order valence-electron chi connectivity index (χ4n) is 2.01. The molecule has 4 nitrogen and oxygen atoms in total. The lowest BCUT2D eigenvalue weighted by Gasteiger charge is -2.17. The van der Waals surface area contributed by atoms with E-state index in [0.717, 1.165) is 11.3 Å². The Bertz CT molecular complexity index is 680. The van der Waals surface area contributed by atoms with Gasteiger partial charge in [0, 0.05) is 25.8 Å². The predicted octanol–water partition coefficient (Wildman–Crippen LogP) is 3.11. The summed E-state index contributed by atoms with van der Waals surface area (Å²) in [6.45, 7) is 2.04. The lowest BCUT2D eigenvalue weighted by molar-refractivity contribution is 0.520. The second-order valence-electron chi connectivity index (χ2n) is 5.09. The quantitative estimate of drug-likeness (QED) is 0.923. The summed E-state index contributed by atoms with van der Waals surface area (Å²) >= 11 is 0. The van der Waals surface area contributed by atoms with Crippen molar-refractivity contribution in [1.82, 2.24) is 4.31 Å². The van der Waals surface area contributed by atoms with Crippen LogP contribution in [0.3, 0.4) is 0 Å². The maximum absolute atomic E-state index is 12.0. The highest BCUT2D eigenvalue weighted by Gasteiger charge is 2.17. The van der Waals surface area contributed by atoms with E-state index in [-0.39, 0.29) is 6.04 Å². The largest absolute Gasteiger partial charge is 0.379 e. The Morgan fingerprint density at radius 2 is 1.52 bits per heavy atom. The molecular weight excluding hydrogens is 284 g/mol. The van der Waals surface area contributed by atoms with Crippen LogP contribution in [-0.4, -0.2) is 26.8 Å². The van der Waals surface area contributed by atoms with Crippen LogP contribution in [0.15, 0.2) is 59.5 Å². The molecule has 5 heteroatoms. The highest BCUT2D eigenvalue weighted by atomic mass is 32.2. The molecule has 0 unspecified atom stereocenters. The Morgan fingerprint density at radius 1 is 0.952 bits per heavy atom. The van der Waals surface area contributed by atoms with Gasteiger partial charge in [-0.3, -0.25) is 0 Å². The number of nitrogens with zero attached hydrogens (tertiary/aromatic N) is 1. The molecule has 0 amide bonds. The molecule has 0 bridgehead atoms. The van der Waals surface area contributed by atoms with E-state index in [1.807, 2.05) is 49.4 Å². The van der Waals surface area contributed by atoms with E-state index in [9.17, 15) is 8.42 Å². The molecule has 1 N–H and O–H groups in total. The second kappa shape index (κ2) is 6.28. The van der Waals surface area contributed by atoms with Crippen molar-refractivity contribution in [3.05, 3.63) is 60.2 Å². The van der Waals surface area contributed by atoms with Crippen LogP contribution >= 0.6 is 0 Å². The monoisotopic (exact) mass is 304 g/mol. The summed E-state index contributed by atoms with van der Waals surface area (Å²) in [6, 6.07) is 17.0. The van der Waals surface area contributed by atoms with Crippen LogP contribution in [0.25, 0.3) is 0 Å². The van der Waals surface area contributed by atoms with Crippen LogP contribution < -0.4 is 5.32 Å². The van der Waals surface area contributed by atoms with Crippen LogP contribution in [-0.2, 0) is 10.0 Å². The van der Waals surface area contributed by atoms with Gasteiger partial charge in [-0.25, -0.2) is 12.7 Å². The molecule has 0 fully saturated rings. The van der Waals surface area contributed by atoms with Crippen molar-refractivity contribution < 1.29 is 8.42 Å². The first-order valence-corrected chi connectivity index (χ1v) is 8.19. The summed E-state index contributed by atoms with van der Waals surface area (Å²) in [5, 5.41) is 3.38. The summed E-state index contributed by atoms with van der Waals surface area (Å²) in [5.41, 5.74) is 2.08. The van der Waals surface area contributed by atoms with E-state index in [1.54, 1.807) is 12.1 Å². The van der Waals surface area contributed by atoms with Crippen LogP contribution in [0.4, 0.5) is 5.69 Å². The number of sulfonamides is 1. The van der Waals surface area contributed by atoms with Crippen LogP contribution in [0, 0.1) is 0 Å². The molecule has 2 aromatic rings. The number of rotatable bonds is 5. The molecule has 2 rings (SSSR count). The van der Waals surface area contributed by atoms with E-state index < -0.39 is 10.0 Å². The van der Waals surface area contributed by atoms with Gasteiger partial charge in [-0.05, 0) is 36.8 Å². The first kappa shape index (κ1) is 15.5. The SMILES string of the molecule is C[C@@H](Nc1ccccc1)c1ccc(S(=O)(=O)N(C)C)cc1. The molecule has 0 aliphatic rings. The molecule has 0 saturated carbocycles. The van der Waals surface area contributed by atoms with Gasteiger partial charge in [-0.2, -0.15) is 0 Å². The number of anilines is 1. The lowest BCUT2D eigenvalue weighted by Crippen LogP contribution is -2.22. The summed E-state index contributed by atoms with van der Waals surface area (Å²) in [4.78, 5) is 0.308. The zero-order valence-corrected chi connectivity index (χ0v) is 13.3. The van der Waals surface area contributed by atoms with E-state index in [1.165, 1.54) is 18.4 Å². The topological polar surface area (TPSA) is 49.4 Å². The maximum Gasteiger partial charge on any atom is 0.242 e. The molecule has 112 valence electrons. The Labute approximate surface area is 126 Å². The van der Waals surface area contributed by atoms with E-state index in [0.29, 0.717) is 4.90 Å². The van der Waals surface area contributed by atoms with Gasteiger partial charge < -0.3 is 5.32 Å². The molecule has 1 atom stereocenters. The smallest absolute Gasteiger partial charge is 0.242 e. The second-order valence-corrected chi connectivity index (χ2v) is 7.24. The van der Waals surface area contributed by atoms with Gasteiger partial charge in [0.05, 0.1) is 4.90 Å². The number of hydrogen-bond acceptors (Lipinski definition) is 3. The van der Waals surface area contributed by atoms with Gasteiger partial charge in [-0.15, -0.1) is 0 Å². The lowest BCUT2D eigenvalue weighted by atomic mass is 10.1. The molecule has 0 aliphatic carbocycles. The van der Waals surface area contributed by atoms with Crippen LogP contribution in [0.1, 0.15) is 18.5 Å². The van der Waals surface area contributed by atoms with Gasteiger partial charge in [0.25, 0.3) is 0 Å². The van der Waals surface area contributed by atoms with Crippen molar-refractivity contribution in [3.8, 4) is 0 Å². The Morgan fingerprint density at radius 3 is 2.05 bits per heavy atom. The van der Waals surface area contributed by atoms with Gasteiger partial charge in [0.2, 0.25) is 10.0 Å². The molecule has 0 heterocycles. The zero-order valence-electron chi connectivity index (χ0n) is 12.4. The van der Waals surface area contributed by atoms with Gasteiger partial charge >= 0.3 is 0 Å². The highest BCUT2D eigenvalue weighted by molar-refractivity contribution is 7.89. The minimum Gasteiger partial charge on any atom is -0.379 e. The van der Waals surface area contributed by atoms with E-state index in [4.69, 9.17) is 0 Å². The molecule has 0 saturated heterocycles. The Kier molecular flexibility index (Phi) is 4.65. The first-order valence-electron chi connectivity index (χ1n) is 6.75. The number of benzene rings is 2. The molecule has 21 heavy (non-hydrogen) atoms. The van der Waals surface area contributed by atoms with Gasteiger partial charge in [0.15, 0.2) is 0 Å². The predicted molar refractivity (Wildman–Crippen MR) is 85.8 cm³/mol. The maximum atomic E-state index is 12.0. The molecule has 0 radical (unpaired) electrons. The summed E-state index contributed by atoms with van der Waals surface area (Å²) in [7, 11) is -0.304. The van der Waals surface area contributed by atoms with Crippen molar-refractivity contribution in [2.45, 2.75) is 17.9 Å². The standard InChI is InChI=1S/C16H20N2O2S/c1-13(17-15-7-5-4-6-8-15)14-9-11-16(12-10-14)21(19,20)18(2)3/h4-13,17H,1-3H3/t13-/m1/s1. The molecule has 0 aromatic heterocycles. The first-order chi connectivity index (χ1) is 9.91. The third-order valence-electron chi connectivity index (χ3n) is 3.32. The van der Waals surface area contributed by atoms with Crippen molar-refractivity contribution in [2.75, 3.05) is 19.4 Å². The van der Waals surface area contributed by atoms with Crippen molar-refractivity contribution >= 4 is 15.7 Å². The molecule has 0 spiro atoms. The van der Waals surface area contributed by atoms with Crippen molar-refractivity contribution in [3.63, 3.8) is 0 Å². The normalized spacial score (nSPS) is 13.1. The summed E-state index contributed by atoms with van der Waals surface area (Å²) < 4.78 is 25.2. The number of para-hydroxylation sites is 1. The van der Waals surface area contributed by atoms with Gasteiger partial charge in [0.1, 0.15) is 0 Å². The Hall–Kier alpha value is -1.85. The minimum absolute atomic E-state index is 0.100. The van der Waals surface area contributed by atoms with Gasteiger partial charge in [-0.1, -0.05) is 30.3 Å². The van der Waals surface area contributed by atoms with E-state index >= 15 is 0 Å². The highest BCUT2D eigenvalue weighted by Crippen LogP contribution is 2.21. The summed E-state index contributed by atoms with van der Waals surface area (Å²) in [6.07, 6.45) is 0. The van der Waals surface area contributed by atoms with E-state index in [2.05, 4.69) is 5.32 Å². The third kappa shape index (κ3) is 3.62. The zero-order chi connectivity index (χ0) is 15.5. The van der Waals surface area contributed by atoms with Crippen molar-refractivity contribution in [2.24, 2.45) is 0 Å². The fourth-order valence-corrected chi connectivity index (χ4v) is 2.91. The van der Waals surface area contributed by atoms with Crippen LogP contribution in [0.5, 0.6) is 0 Å². The average molecular weight is 304 g/mol. The number of hydrogen-bond donors (Lipinski definition) is 1. The molecule has 2 aromatic carbocycles. The minimum atomic E-state index is -3.37. The van der Waals surface area contributed by atoms with Crippen molar-refractivity contribution in [1.29, 1.82) is 0 Å². The average Bonchev–Trinajstić information content (AvgIpc) is 2.48. The summed E-state index contributed by atoms with van der Waals surface area (Å²) in [5.74, 6) is 0. The van der Waals surface area contributed by atoms with Crippen LogP contribution in [0.2, 0.25) is 0 Å². The fraction of sp³-hybridized carbons (Fsp3) is 0.250. The third-order valence-corrected chi connectivity index (χ3v) is 5.14. The Balaban J connectivity index is 2.16.